The number of nitrogens with zero attached hydrogens (tertiary/aromatic N) is 2. The molecule has 1 N–H and O–H groups in total. The Morgan fingerprint density at radius 3 is 2.59 bits per heavy atom. The summed E-state index contributed by atoms with van der Waals surface area (Å²) < 4.78 is 10.9. The van der Waals surface area contributed by atoms with Crippen molar-refractivity contribution in [2.24, 2.45) is 0 Å². The summed E-state index contributed by atoms with van der Waals surface area (Å²) in [5, 5.41) is 3.09. The van der Waals surface area contributed by atoms with Crippen LogP contribution in [-0.2, 0) is 11.2 Å². The van der Waals surface area contributed by atoms with Crippen LogP contribution in [0.5, 0.6) is 11.5 Å². The first-order valence-electron chi connectivity index (χ1n) is 8.56. The quantitative estimate of drug-likeness (QED) is 0.732. The molecule has 1 amide bonds. The van der Waals surface area contributed by atoms with E-state index in [0.29, 0.717) is 22.9 Å². The Labute approximate surface area is 161 Å². The number of hydrogen-bond acceptors (Lipinski definition) is 6. The smallest absolute Gasteiger partial charge is 0.230 e. The van der Waals surface area contributed by atoms with Crippen molar-refractivity contribution < 1.29 is 14.3 Å². The van der Waals surface area contributed by atoms with Crippen LogP contribution in [0.3, 0.4) is 0 Å². The van der Waals surface area contributed by atoms with Gasteiger partial charge in [-0.15, -0.1) is 11.8 Å². The summed E-state index contributed by atoms with van der Waals surface area (Å²) in [5.41, 5.74) is 4.22. The number of rotatable bonds is 5. The number of hydrogen-bond donors (Lipinski definition) is 1. The predicted molar refractivity (Wildman–Crippen MR) is 106 cm³/mol. The summed E-state index contributed by atoms with van der Waals surface area (Å²) in [6.07, 6.45) is 2.51. The van der Waals surface area contributed by atoms with E-state index < -0.39 is 0 Å². The number of ether oxygens (including phenoxy) is 2. The van der Waals surface area contributed by atoms with Gasteiger partial charge in [-0.1, -0.05) is 12.1 Å². The number of nitrogens with one attached hydrogen (secondary N) is 1. The molecule has 0 bridgehead atoms. The Morgan fingerprint density at radius 2 is 1.93 bits per heavy atom. The molecular weight excluding hydrogens is 362 g/mol. The fourth-order valence-corrected chi connectivity index (χ4v) is 4.13. The third-order valence-corrected chi connectivity index (χ3v) is 5.57. The molecule has 6 nitrogen and oxygen atoms in total. The number of amides is 1. The second-order valence-corrected chi connectivity index (χ2v) is 7.38. The molecule has 1 unspecified atom stereocenters. The third-order valence-electron chi connectivity index (χ3n) is 4.45. The van der Waals surface area contributed by atoms with Gasteiger partial charge >= 0.3 is 0 Å². The van der Waals surface area contributed by atoms with Crippen LogP contribution in [0.2, 0.25) is 0 Å². The van der Waals surface area contributed by atoms with Crippen LogP contribution in [0, 0.1) is 0 Å². The molecule has 1 aromatic heterocycles. The molecule has 1 atom stereocenters. The van der Waals surface area contributed by atoms with Crippen molar-refractivity contribution in [2.75, 3.05) is 20.0 Å². The number of benzene rings is 2. The highest BCUT2D eigenvalue weighted by atomic mass is 32.2. The third kappa shape index (κ3) is 3.55. The van der Waals surface area contributed by atoms with Gasteiger partial charge in [0.2, 0.25) is 5.91 Å². The summed E-state index contributed by atoms with van der Waals surface area (Å²) in [5.74, 6) is 2.01. The van der Waals surface area contributed by atoms with Crippen molar-refractivity contribution in [3.05, 3.63) is 48.2 Å². The topological polar surface area (TPSA) is 73.3 Å². The Balaban J connectivity index is 1.68. The van der Waals surface area contributed by atoms with E-state index in [0.717, 1.165) is 28.6 Å². The number of fused-ring (bicyclic) bond motifs is 1. The van der Waals surface area contributed by atoms with Gasteiger partial charge in [-0.2, -0.15) is 0 Å². The Morgan fingerprint density at radius 1 is 1.15 bits per heavy atom. The van der Waals surface area contributed by atoms with E-state index in [1.54, 1.807) is 32.2 Å². The molecule has 3 aromatic rings. The van der Waals surface area contributed by atoms with Gasteiger partial charge in [-0.05, 0) is 29.8 Å². The van der Waals surface area contributed by atoms with E-state index in [2.05, 4.69) is 10.3 Å². The number of carbonyl (C=O) groups excluding carboxylic acids is 1. The maximum atomic E-state index is 11.4. The molecule has 1 aliphatic heterocycles. The lowest BCUT2D eigenvalue weighted by Gasteiger charge is -2.13. The average Bonchev–Trinajstić information content (AvgIpc) is 3.11. The highest BCUT2D eigenvalue weighted by molar-refractivity contribution is 8.01. The zero-order chi connectivity index (χ0) is 18.8. The summed E-state index contributed by atoms with van der Waals surface area (Å²) in [7, 11) is 3.25. The number of thioether (sulfide) groups is 1. The Bertz CT molecular complexity index is 987. The standard InChI is InChI=1S/C20H19N3O3S/c1-25-16-4-3-5-17(26-2)20(16)15-10-21-14-8-12(6-7-13(14)22-15)9-19-23-18(24)11-27-19/h3-8,10,19H,9,11H2,1-2H3,(H,23,24). The lowest BCUT2D eigenvalue weighted by Crippen LogP contribution is -2.26. The molecule has 1 saturated heterocycles. The van der Waals surface area contributed by atoms with Gasteiger partial charge < -0.3 is 14.8 Å². The van der Waals surface area contributed by atoms with Gasteiger partial charge in [-0.25, -0.2) is 4.98 Å². The SMILES string of the molecule is COc1cccc(OC)c1-c1cnc2cc(CC3NC(=O)CS3)ccc2n1. The molecule has 7 heteroatoms. The molecule has 0 spiro atoms. The molecule has 2 heterocycles. The number of carbonyl (C=O) groups is 1. The summed E-state index contributed by atoms with van der Waals surface area (Å²) in [6.45, 7) is 0. The summed E-state index contributed by atoms with van der Waals surface area (Å²) >= 11 is 1.63. The Kier molecular flexibility index (Phi) is 4.85. The fraction of sp³-hybridized carbons (Fsp3) is 0.250. The minimum atomic E-state index is 0.0981. The molecule has 2 aromatic carbocycles. The zero-order valence-electron chi connectivity index (χ0n) is 15.1. The lowest BCUT2D eigenvalue weighted by molar-refractivity contribution is -0.118. The van der Waals surface area contributed by atoms with Crippen LogP contribution in [-0.4, -0.2) is 41.2 Å². The maximum absolute atomic E-state index is 11.4. The molecular formula is C20H19N3O3S. The van der Waals surface area contributed by atoms with Crippen LogP contribution in [0.1, 0.15) is 5.56 Å². The molecule has 1 fully saturated rings. The zero-order valence-corrected chi connectivity index (χ0v) is 15.9. The van der Waals surface area contributed by atoms with E-state index in [-0.39, 0.29) is 11.3 Å². The molecule has 138 valence electrons. The van der Waals surface area contributed by atoms with Crippen LogP contribution >= 0.6 is 11.8 Å². The van der Waals surface area contributed by atoms with E-state index >= 15 is 0 Å². The molecule has 0 radical (unpaired) electrons. The molecule has 0 aliphatic carbocycles. The summed E-state index contributed by atoms with van der Waals surface area (Å²) in [6, 6.07) is 11.6. The average molecular weight is 381 g/mol. The van der Waals surface area contributed by atoms with E-state index in [1.807, 2.05) is 36.4 Å². The van der Waals surface area contributed by atoms with E-state index in [9.17, 15) is 4.79 Å². The van der Waals surface area contributed by atoms with E-state index in [4.69, 9.17) is 14.5 Å². The van der Waals surface area contributed by atoms with Crippen LogP contribution < -0.4 is 14.8 Å². The maximum Gasteiger partial charge on any atom is 0.230 e. The molecule has 0 saturated carbocycles. The minimum absolute atomic E-state index is 0.0981. The van der Waals surface area contributed by atoms with Crippen molar-refractivity contribution in [3.8, 4) is 22.8 Å². The van der Waals surface area contributed by atoms with Gasteiger partial charge in [0, 0.05) is 6.42 Å². The molecule has 4 rings (SSSR count). The van der Waals surface area contributed by atoms with Crippen LogP contribution in [0.25, 0.3) is 22.3 Å². The largest absolute Gasteiger partial charge is 0.496 e. The minimum Gasteiger partial charge on any atom is -0.496 e. The van der Waals surface area contributed by atoms with Crippen LogP contribution in [0.15, 0.2) is 42.6 Å². The normalized spacial score (nSPS) is 16.4. The first-order chi connectivity index (χ1) is 13.2. The second-order valence-electron chi connectivity index (χ2n) is 6.19. The first-order valence-corrected chi connectivity index (χ1v) is 9.61. The number of methoxy groups -OCH3 is 2. The van der Waals surface area contributed by atoms with Gasteiger partial charge in [-0.3, -0.25) is 9.78 Å². The first kappa shape index (κ1) is 17.6. The summed E-state index contributed by atoms with van der Waals surface area (Å²) in [4.78, 5) is 20.7. The van der Waals surface area contributed by atoms with E-state index in [1.165, 1.54) is 0 Å². The Hall–Kier alpha value is -2.80. The van der Waals surface area contributed by atoms with Crippen molar-refractivity contribution in [2.45, 2.75) is 11.8 Å². The van der Waals surface area contributed by atoms with Crippen molar-refractivity contribution in [3.63, 3.8) is 0 Å². The van der Waals surface area contributed by atoms with Gasteiger partial charge in [0.15, 0.2) is 0 Å². The highest BCUT2D eigenvalue weighted by Crippen LogP contribution is 2.37. The van der Waals surface area contributed by atoms with Crippen molar-refractivity contribution in [1.29, 1.82) is 0 Å². The fourth-order valence-electron chi connectivity index (χ4n) is 3.17. The van der Waals surface area contributed by atoms with Gasteiger partial charge in [0.05, 0.1) is 53.8 Å². The monoisotopic (exact) mass is 381 g/mol. The second kappa shape index (κ2) is 7.44. The lowest BCUT2D eigenvalue weighted by atomic mass is 10.1. The van der Waals surface area contributed by atoms with Gasteiger partial charge in [0.1, 0.15) is 11.5 Å². The van der Waals surface area contributed by atoms with Crippen molar-refractivity contribution >= 4 is 28.7 Å². The van der Waals surface area contributed by atoms with Gasteiger partial charge in [0.25, 0.3) is 0 Å². The number of aromatic nitrogens is 2. The predicted octanol–water partition coefficient (Wildman–Crippen LogP) is 3.05. The molecule has 1 aliphatic rings. The molecule has 27 heavy (non-hydrogen) atoms. The highest BCUT2D eigenvalue weighted by Gasteiger charge is 2.21. The van der Waals surface area contributed by atoms with Crippen molar-refractivity contribution in [1.82, 2.24) is 15.3 Å². The van der Waals surface area contributed by atoms with Crippen LogP contribution in [0.4, 0.5) is 0 Å².